The second kappa shape index (κ2) is 6.11. The fourth-order valence-corrected chi connectivity index (χ4v) is 6.00. The summed E-state index contributed by atoms with van der Waals surface area (Å²) < 4.78 is 7.23. The molecule has 0 radical (unpaired) electrons. The molecule has 2 aliphatic heterocycles. The van der Waals surface area contributed by atoms with Gasteiger partial charge in [0.25, 0.3) is 5.91 Å². The SMILES string of the molecule is Cc1ccc2c(C(=O)N[C@H]3CCO[C@@]4(CCSC4)C3)csc2c1. The van der Waals surface area contributed by atoms with Gasteiger partial charge in [-0.1, -0.05) is 12.1 Å². The smallest absolute Gasteiger partial charge is 0.252 e. The summed E-state index contributed by atoms with van der Waals surface area (Å²) in [6.07, 6.45) is 2.98. The van der Waals surface area contributed by atoms with Gasteiger partial charge in [0.1, 0.15) is 0 Å². The number of amides is 1. The zero-order valence-corrected chi connectivity index (χ0v) is 14.9. The maximum atomic E-state index is 12.7. The average molecular weight is 348 g/mol. The highest BCUT2D eigenvalue weighted by Gasteiger charge is 2.40. The molecule has 3 nitrogen and oxygen atoms in total. The quantitative estimate of drug-likeness (QED) is 0.892. The summed E-state index contributed by atoms with van der Waals surface area (Å²) in [6, 6.07) is 6.52. The van der Waals surface area contributed by atoms with Crippen LogP contribution in [0.15, 0.2) is 23.6 Å². The van der Waals surface area contributed by atoms with Gasteiger partial charge in [0.15, 0.2) is 0 Å². The van der Waals surface area contributed by atoms with Crippen LogP contribution in [0.3, 0.4) is 0 Å². The van der Waals surface area contributed by atoms with Gasteiger partial charge < -0.3 is 10.1 Å². The normalized spacial score (nSPS) is 27.6. The van der Waals surface area contributed by atoms with Gasteiger partial charge in [-0.3, -0.25) is 4.79 Å². The van der Waals surface area contributed by atoms with Crippen molar-refractivity contribution in [1.82, 2.24) is 5.32 Å². The number of ether oxygens (including phenoxy) is 1. The lowest BCUT2D eigenvalue weighted by molar-refractivity contribution is -0.0688. The molecule has 1 N–H and O–H groups in total. The Labute approximate surface area is 144 Å². The Morgan fingerprint density at radius 2 is 2.35 bits per heavy atom. The van der Waals surface area contributed by atoms with Crippen LogP contribution in [-0.2, 0) is 4.74 Å². The van der Waals surface area contributed by atoms with Crippen LogP contribution in [0.4, 0.5) is 0 Å². The fourth-order valence-electron chi connectivity index (χ4n) is 3.59. The first-order chi connectivity index (χ1) is 11.2. The molecule has 1 aromatic carbocycles. The second-order valence-electron chi connectivity index (χ2n) is 6.65. The van der Waals surface area contributed by atoms with E-state index in [0.29, 0.717) is 0 Å². The Morgan fingerprint density at radius 1 is 1.43 bits per heavy atom. The number of aryl methyl sites for hydroxylation is 1. The molecule has 4 rings (SSSR count). The van der Waals surface area contributed by atoms with Crippen LogP contribution in [0.1, 0.15) is 35.2 Å². The summed E-state index contributed by atoms with van der Waals surface area (Å²) in [5, 5.41) is 6.31. The van der Waals surface area contributed by atoms with E-state index in [1.807, 2.05) is 17.1 Å². The van der Waals surface area contributed by atoms with Gasteiger partial charge >= 0.3 is 0 Å². The molecule has 0 unspecified atom stereocenters. The van der Waals surface area contributed by atoms with Crippen molar-refractivity contribution in [3.63, 3.8) is 0 Å². The van der Waals surface area contributed by atoms with E-state index in [-0.39, 0.29) is 17.6 Å². The second-order valence-corrected chi connectivity index (χ2v) is 8.66. The number of thiophene rings is 1. The molecule has 122 valence electrons. The Morgan fingerprint density at radius 3 is 3.17 bits per heavy atom. The first kappa shape index (κ1) is 15.5. The van der Waals surface area contributed by atoms with E-state index >= 15 is 0 Å². The molecule has 1 aromatic heterocycles. The molecular weight excluding hydrogens is 326 g/mol. The molecule has 5 heteroatoms. The zero-order chi connectivity index (χ0) is 15.9. The summed E-state index contributed by atoms with van der Waals surface area (Å²) >= 11 is 3.61. The van der Waals surface area contributed by atoms with Crippen molar-refractivity contribution in [2.75, 3.05) is 18.1 Å². The van der Waals surface area contributed by atoms with E-state index in [0.717, 1.165) is 42.6 Å². The van der Waals surface area contributed by atoms with Gasteiger partial charge in [0.05, 0.1) is 11.2 Å². The standard InChI is InChI=1S/C18H21NO2S2/c1-12-2-3-14-15(10-23-16(14)8-12)17(20)19-13-4-6-21-18(9-13)5-7-22-11-18/h2-3,8,10,13H,4-7,9,11H2,1H3,(H,19,20)/t13-,18-/m0/s1. The minimum atomic E-state index is 0.00862. The predicted molar refractivity (Wildman–Crippen MR) is 97.7 cm³/mol. The number of rotatable bonds is 2. The Hall–Kier alpha value is -1.04. The maximum absolute atomic E-state index is 12.7. The van der Waals surface area contributed by atoms with Crippen LogP contribution in [0.5, 0.6) is 0 Å². The number of thioether (sulfide) groups is 1. The average Bonchev–Trinajstić information content (AvgIpc) is 3.14. The number of carbonyl (C=O) groups excluding carboxylic acids is 1. The molecule has 1 amide bonds. The van der Waals surface area contributed by atoms with Crippen molar-refractivity contribution in [2.24, 2.45) is 0 Å². The third-order valence-corrected chi connectivity index (χ3v) is 7.04. The molecule has 0 saturated carbocycles. The zero-order valence-electron chi connectivity index (χ0n) is 13.3. The van der Waals surface area contributed by atoms with E-state index in [1.165, 1.54) is 16.0 Å². The highest BCUT2D eigenvalue weighted by atomic mass is 32.2. The highest BCUT2D eigenvalue weighted by Crippen LogP contribution is 2.38. The van der Waals surface area contributed by atoms with Gasteiger partial charge in [0.2, 0.25) is 0 Å². The molecule has 23 heavy (non-hydrogen) atoms. The molecule has 1 spiro atoms. The Kier molecular flexibility index (Phi) is 4.12. The topological polar surface area (TPSA) is 38.3 Å². The number of carbonyl (C=O) groups is 1. The summed E-state index contributed by atoms with van der Waals surface area (Å²) in [6.45, 7) is 2.84. The fraction of sp³-hybridized carbons (Fsp3) is 0.500. The predicted octanol–water partition coefficient (Wildman–Crippen LogP) is 3.99. The number of hydrogen-bond acceptors (Lipinski definition) is 4. The molecule has 0 aliphatic carbocycles. The summed E-state index contributed by atoms with van der Waals surface area (Å²) in [4.78, 5) is 12.7. The number of hydrogen-bond donors (Lipinski definition) is 1. The van der Waals surface area contributed by atoms with E-state index in [2.05, 4.69) is 30.4 Å². The Balaban J connectivity index is 1.50. The van der Waals surface area contributed by atoms with Gasteiger partial charge in [-0.25, -0.2) is 0 Å². The first-order valence-electron chi connectivity index (χ1n) is 8.16. The van der Waals surface area contributed by atoms with Crippen LogP contribution in [0, 0.1) is 6.92 Å². The van der Waals surface area contributed by atoms with Crippen molar-refractivity contribution in [2.45, 2.75) is 37.8 Å². The van der Waals surface area contributed by atoms with Gasteiger partial charge in [-0.2, -0.15) is 11.8 Å². The van der Waals surface area contributed by atoms with E-state index in [4.69, 9.17) is 4.74 Å². The first-order valence-corrected chi connectivity index (χ1v) is 10.2. The molecule has 2 saturated heterocycles. The van der Waals surface area contributed by atoms with Crippen molar-refractivity contribution >= 4 is 39.1 Å². The highest BCUT2D eigenvalue weighted by molar-refractivity contribution is 7.99. The molecule has 2 aliphatic rings. The minimum Gasteiger partial charge on any atom is -0.374 e. The molecule has 2 atom stereocenters. The lowest BCUT2D eigenvalue weighted by Crippen LogP contribution is -2.48. The third-order valence-electron chi connectivity index (χ3n) is 4.87. The lowest BCUT2D eigenvalue weighted by atomic mass is 9.89. The molecular formula is C18H21NO2S2. The summed E-state index contributed by atoms with van der Waals surface area (Å²) in [7, 11) is 0. The van der Waals surface area contributed by atoms with Crippen LogP contribution >= 0.6 is 23.1 Å². The molecule has 2 aromatic rings. The van der Waals surface area contributed by atoms with Crippen molar-refractivity contribution in [3.05, 3.63) is 34.7 Å². The van der Waals surface area contributed by atoms with Crippen molar-refractivity contribution in [1.29, 1.82) is 0 Å². The largest absolute Gasteiger partial charge is 0.374 e. The van der Waals surface area contributed by atoms with E-state index in [9.17, 15) is 4.79 Å². The maximum Gasteiger partial charge on any atom is 0.252 e. The van der Waals surface area contributed by atoms with E-state index in [1.54, 1.807) is 11.3 Å². The van der Waals surface area contributed by atoms with E-state index < -0.39 is 0 Å². The van der Waals surface area contributed by atoms with Gasteiger partial charge in [0, 0.05) is 33.9 Å². The lowest BCUT2D eigenvalue weighted by Gasteiger charge is -2.38. The van der Waals surface area contributed by atoms with Crippen LogP contribution in [0.2, 0.25) is 0 Å². The Bertz CT molecular complexity index is 734. The van der Waals surface area contributed by atoms with Crippen LogP contribution in [-0.4, -0.2) is 35.7 Å². The van der Waals surface area contributed by atoms with Crippen LogP contribution < -0.4 is 5.32 Å². The van der Waals surface area contributed by atoms with Crippen LogP contribution in [0.25, 0.3) is 10.1 Å². The van der Waals surface area contributed by atoms with Gasteiger partial charge in [-0.05, 0) is 43.6 Å². The monoisotopic (exact) mass is 347 g/mol. The number of benzene rings is 1. The third kappa shape index (κ3) is 3.02. The molecule has 0 bridgehead atoms. The van der Waals surface area contributed by atoms with Crippen molar-refractivity contribution in [3.8, 4) is 0 Å². The molecule has 3 heterocycles. The number of nitrogens with one attached hydrogen (secondary N) is 1. The summed E-state index contributed by atoms with van der Waals surface area (Å²) in [5.74, 6) is 2.31. The van der Waals surface area contributed by atoms with Gasteiger partial charge in [-0.15, -0.1) is 11.3 Å². The minimum absolute atomic E-state index is 0.00862. The van der Waals surface area contributed by atoms with Crippen molar-refractivity contribution < 1.29 is 9.53 Å². The summed E-state index contributed by atoms with van der Waals surface area (Å²) in [5.41, 5.74) is 2.05. The molecule has 2 fully saturated rings. The number of fused-ring (bicyclic) bond motifs is 1.